The third-order valence-corrected chi connectivity index (χ3v) is 3.36. The summed E-state index contributed by atoms with van der Waals surface area (Å²) < 4.78 is 11.9. The second-order valence-electron chi connectivity index (χ2n) is 4.00. The van der Waals surface area contributed by atoms with E-state index in [1.165, 1.54) is 0 Å². The molecule has 1 aromatic carbocycles. The van der Waals surface area contributed by atoms with Gasteiger partial charge in [0.2, 0.25) is 0 Å². The number of nitrogens with one attached hydrogen (secondary N) is 1. The molecule has 0 radical (unpaired) electrons. The summed E-state index contributed by atoms with van der Waals surface area (Å²) in [5.41, 5.74) is 0.897. The van der Waals surface area contributed by atoms with Gasteiger partial charge in [-0.2, -0.15) is 0 Å². The van der Waals surface area contributed by atoms with E-state index in [2.05, 4.69) is 31.2 Å². The molecule has 0 spiro atoms. The van der Waals surface area contributed by atoms with Gasteiger partial charge in [0.15, 0.2) is 17.3 Å². The van der Waals surface area contributed by atoms with Gasteiger partial charge in [-0.3, -0.25) is 0 Å². The number of nitrogens with zero attached hydrogens (tertiary/aromatic N) is 2. The van der Waals surface area contributed by atoms with Crippen molar-refractivity contribution in [3.63, 3.8) is 0 Å². The first-order chi connectivity index (χ1) is 9.28. The summed E-state index contributed by atoms with van der Waals surface area (Å²) in [6.45, 7) is 1.16. The number of hydrogen-bond acceptors (Lipinski definition) is 5. The quantitative estimate of drug-likeness (QED) is 0.921. The fourth-order valence-corrected chi connectivity index (χ4v) is 2.25. The molecule has 0 saturated heterocycles. The number of fused-ring (bicyclic) bond motifs is 1. The predicted octanol–water partition coefficient (Wildman–Crippen LogP) is 2.72. The summed E-state index contributed by atoms with van der Waals surface area (Å²) in [7, 11) is 1.82. The molecule has 0 amide bonds. The monoisotopic (exact) mass is 321 g/mol. The van der Waals surface area contributed by atoms with Gasteiger partial charge in [0.1, 0.15) is 19.0 Å². The highest BCUT2D eigenvalue weighted by Crippen LogP contribution is 2.34. The first-order valence-electron chi connectivity index (χ1n) is 5.88. The molecule has 19 heavy (non-hydrogen) atoms. The van der Waals surface area contributed by atoms with Crippen molar-refractivity contribution in [1.82, 2.24) is 9.97 Å². The molecule has 98 valence electrons. The SMILES string of the molecule is CNc1nc(-c2ccc3c(c2)OCCO3)ncc1Br. The van der Waals surface area contributed by atoms with E-state index in [-0.39, 0.29) is 0 Å². The van der Waals surface area contributed by atoms with E-state index in [0.29, 0.717) is 19.0 Å². The minimum absolute atomic E-state index is 0.569. The summed E-state index contributed by atoms with van der Waals surface area (Å²) in [5, 5.41) is 3.01. The maximum atomic E-state index is 5.56. The van der Waals surface area contributed by atoms with Crippen LogP contribution in [0.2, 0.25) is 0 Å². The molecule has 1 aromatic heterocycles. The van der Waals surface area contributed by atoms with Crippen LogP contribution in [0.5, 0.6) is 11.5 Å². The van der Waals surface area contributed by atoms with Crippen LogP contribution in [0, 0.1) is 0 Å². The van der Waals surface area contributed by atoms with Crippen molar-refractivity contribution in [1.29, 1.82) is 0 Å². The number of anilines is 1. The molecule has 6 heteroatoms. The van der Waals surface area contributed by atoms with Gasteiger partial charge in [-0.15, -0.1) is 0 Å². The Hall–Kier alpha value is -1.82. The van der Waals surface area contributed by atoms with Gasteiger partial charge in [0.25, 0.3) is 0 Å². The van der Waals surface area contributed by atoms with Gasteiger partial charge < -0.3 is 14.8 Å². The molecule has 0 unspecified atom stereocenters. The molecule has 3 rings (SSSR count). The molecule has 1 aliphatic rings. The van der Waals surface area contributed by atoms with Gasteiger partial charge in [0.05, 0.1) is 4.47 Å². The lowest BCUT2D eigenvalue weighted by Crippen LogP contribution is -2.15. The lowest BCUT2D eigenvalue weighted by molar-refractivity contribution is 0.171. The zero-order valence-electron chi connectivity index (χ0n) is 10.3. The molecular formula is C13H12BrN3O2. The van der Waals surface area contributed by atoms with Gasteiger partial charge in [0, 0.05) is 18.8 Å². The minimum atomic E-state index is 0.569. The number of aromatic nitrogens is 2. The molecule has 5 nitrogen and oxygen atoms in total. The highest BCUT2D eigenvalue weighted by molar-refractivity contribution is 9.10. The van der Waals surface area contributed by atoms with Crippen molar-refractivity contribution in [3.05, 3.63) is 28.9 Å². The van der Waals surface area contributed by atoms with Crippen LogP contribution in [-0.2, 0) is 0 Å². The Balaban J connectivity index is 2.02. The summed E-state index contributed by atoms with van der Waals surface area (Å²) in [6.07, 6.45) is 1.73. The molecule has 0 bridgehead atoms. The molecule has 0 fully saturated rings. The Morgan fingerprint density at radius 2 is 2.00 bits per heavy atom. The second-order valence-corrected chi connectivity index (χ2v) is 4.85. The maximum Gasteiger partial charge on any atom is 0.162 e. The number of halogens is 1. The number of ether oxygens (including phenoxy) is 2. The van der Waals surface area contributed by atoms with Crippen LogP contribution in [0.3, 0.4) is 0 Å². The molecular weight excluding hydrogens is 310 g/mol. The fourth-order valence-electron chi connectivity index (χ4n) is 1.86. The van der Waals surface area contributed by atoms with Crippen molar-refractivity contribution in [2.75, 3.05) is 25.6 Å². The standard InChI is InChI=1S/C13H12BrN3O2/c1-15-13-9(14)7-16-12(17-13)8-2-3-10-11(6-8)19-5-4-18-10/h2-3,6-7H,4-5H2,1H3,(H,15,16,17). The Morgan fingerprint density at radius 3 is 2.79 bits per heavy atom. The minimum Gasteiger partial charge on any atom is -0.486 e. The summed E-state index contributed by atoms with van der Waals surface area (Å²) >= 11 is 3.39. The normalized spacial score (nSPS) is 13.2. The predicted molar refractivity (Wildman–Crippen MR) is 75.7 cm³/mol. The van der Waals surface area contributed by atoms with Gasteiger partial charge in [-0.05, 0) is 34.1 Å². The molecule has 1 aliphatic heterocycles. The van der Waals surface area contributed by atoms with E-state index in [1.54, 1.807) is 6.20 Å². The zero-order valence-corrected chi connectivity index (χ0v) is 11.9. The highest BCUT2D eigenvalue weighted by atomic mass is 79.9. The average Bonchev–Trinajstić information content (AvgIpc) is 2.47. The van der Waals surface area contributed by atoms with Crippen LogP contribution < -0.4 is 14.8 Å². The molecule has 0 aliphatic carbocycles. The van der Waals surface area contributed by atoms with E-state index in [0.717, 1.165) is 27.4 Å². The maximum absolute atomic E-state index is 5.56. The first kappa shape index (κ1) is 12.2. The van der Waals surface area contributed by atoms with Crippen molar-refractivity contribution >= 4 is 21.7 Å². The third kappa shape index (κ3) is 2.35. The molecule has 0 atom stereocenters. The molecule has 0 saturated carbocycles. The average molecular weight is 322 g/mol. The Morgan fingerprint density at radius 1 is 1.21 bits per heavy atom. The van der Waals surface area contributed by atoms with E-state index in [9.17, 15) is 0 Å². The van der Waals surface area contributed by atoms with Crippen molar-refractivity contribution < 1.29 is 9.47 Å². The topological polar surface area (TPSA) is 56.3 Å². The number of benzene rings is 1. The van der Waals surface area contributed by atoms with E-state index >= 15 is 0 Å². The van der Waals surface area contributed by atoms with Crippen LogP contribution in [0.25, 0.3) is 11.4 Å². The van der Waals surface area contributed by atoms with E-state index in [4.69, 9.17) is 9.47 Å². The summed E-state index contributed by atoms with van der Waals surface area (Å²) in [4.78, 5) is 8.76. The highest BCUT2D eigenvalue weighted by Gasteiger charge is 2.14. The van der Waals surface area contributed by atoms with Gasteiger partial charge >= 0.3 is 0 Å². The second kappa shape index (κ2) is 5.05. The molecule has 2 aromatic rings. The molecule has 2 heterocycles. The van der Waals surface area contributed by atoms with E-state index < -0.39 is 0 Å². The summed E-state index contributed by atoms with van der Waals surface area (Å²) in [6, 6.07) is 5.71. The number of hydrogen-bond donors (Lipinski definition) is 1. The molecule has 1 N–H and O–H groups in total. The lowest BCUT2D eigenvalue weighted by Gasteiger charge is -2.18. The largest absolute Gasteiger partial charge is 0.486 e. The summed E-state index contributed by atoms with van der Waals surface area (Å²) in [5.74, 6) is 2.90. The van der Waals surface area contributed by atoms with E-state index in [1.807, 2.05) is 25.2 Å². The first-order valence-corrected chi connectivity index (χ1v) is 6.67. The Kier molecular flexibility index (Phi) is 3.25. The lowest BCUT2D eigenvalue weighted by atomic mass is 10.2. The van der Waals surface area contributed by atoms with Crippen LogP contribution in [0.4, 0.5) is 5.82 Å². The van der Waals surface area contributed by atoms with Crippen molar-refractivity contribution in [2.24, 2.45) is 0 Å². The fraction of sp³-hybridized carbons (Fsp3) is 0.231. The van der Waals surface area contributed by atoms with Crippen LogP contribution in [0.15, 0.2) is 28.9 Å². The van der Waals surface area contributed by atoms with Crippen LogP contribution >= 0.6 is 15.9 Å². The Labute approximate surface area is 119 Å². The Bertz CT molecular complexity index is 619. The van der Waals surface area contributed by atoms with Crippen LogP contribution in [-0.4, -0.2) is 30.2 Å². The van der Waals surface area contributed by atoms with Gasteiger partial charge in [-0.1, -0.05) is 0 Å². The zero-order chi connectivity index (χ0) is 13.2. The third-order valence-electron chi connectivity index (χ3n) is 2.78. The number of rotatable bonds is 2. The van der Waals surface area contributed by atoms with Gasteiger partial charge in [-0.25, -0.2) is 9.97 Å². The van der Waals surface area contributed by atoms with Crippen molar-refractivity contribution in [2.45, 2.75) is 0 Å². The van der Waals surface area contributed by atoms with Crippen LogP contribution in [0.1, 0.15) is 0 Å². The smallest absolute Gasteiger partial charge is 0.162 e. The van der Waals surface area contributed by atoms with Crippen molar-refractivity contribution in [3.8, 4) is 22.9 Å².